The summed E-state index contributed by atoms with van der Waals surface area (Å²) in [4.78, 5) is 21.6. The van der Waals surface area contributed by atoms with Gasteiger partial charge < -0.3 is 14.6 Å². The number of pyridine rings is 2. The first-order valence-corrected chi connectivity index (χ1v) is 13.1. The summed E-state index contributed by atoms with van der Waals surface area (Å²) in [6, 6.07) is 15.0. The fraction of sp³-hybridized carbons (Fsp3) is 0.333. The van der Waals surface area contributed by atoms with Crippen LogP contribution in [0.3, 0.4) is 0 Å². The van der Waals surface area contributed by atoms with Crippen molar-refractivity contribution in [3.63, 3.8) is 0 Å². The van der Waals surface area contributed by atoms with Crippen molar-refractivity contribution in [1.29, 1.82) is 0 Å². The highest BCUT2D eigenvalue weighted by Crippen LogP contribution is 2.52. The minimum atomic E-state index is -0.190. The Morgan fingerprint density at radius 2 is 1.86 bits per heavy atom. The molecule has 0 aliphatic heterocycles. The average molecular weight is 490 g/mol. The van der Waals surface area contributed by atoms with Crippen molar-refractivity contribution in [3.8, 4) is 0 Å². The van der Waals surface area contributed by atoms with Gasteiger partial charge >= 0.3 is 0 Å². The quantitative estimate of drug-likeness (QED) is 0.320. The number of hydrogen-bond donors (Lipinski definition) is 1. The summed E-state index contributed by atoms with van der Waals surface area (Å²) in [6.45, 7) is 2.68. The molecule has 7 nitrogen and oxygen atoms in total. The molecule has 0 unspecified atom stereocenters. The van der Waals surface area contributed by atoms with Gasteiger partial charge in [-0.15, -0.1) is 0 Å². The minimum Gasteiger partial charge on any atom is -0.379 e. The number of anilines is 2. The minimum absolute atomic E-state index is 0.190. The standard InChI is InChI=1S/C30H31N7/c1-19-10-13-31-29(33-19)30(11-12-30)27-15-26(36(2)3)24-8-7-22(14-25(24)35-27)32-16-23-18-37-17-21(20-4-5-20)6-9-28(37)34-23/h6-10,13-15,17-18,20,32H,4-5,11-12,16H2,1-3H3. The third kappa shape index (κ3) is 3.99. The second kappa shape index (κ2) is 8.26. The van der Waals surface area contributed by atoms with E-state index in [2.05, 4.69) is 82.5 Å². The second-order valence-electron chi connectivity index (χ2n) is 10.8. The van der Waals surface area contributed by atoms with Gasteiger partial charge in [-0.3, -0.25) is 4.98 Å². The zero-order chi connectivity index (χ0) is 25.1. The highest BCUT2D eigenvalue weighted by molar-refractivity contribution is 5.94. The fourth-order valence-electron chi connectivity index (χ4n) is 5.33. The van der Waals surface area contributed by atoms with Gasteiger partial charge in [-0.05, 0) is 80.5 Å². The molecule has 0 spiro atoms. The molecule has 0 radical (unpaired) electrons. The molecule has 0 amide bonds. The Hall–Kier alpha value is -4.00. The molecule has 0 bridgehead atoms. The lowest BCUT2D eigenvalue weighted by Gasteiger charge is -2.21. The molecule has 37 heavy (non-hydrogen) atoms. The van der Waals surface area contributed by atoms with Crippen LogP contribution in [0.4, 0.5) is 11.4 Å². The van der Waals surface area contributed by atoms with E-state index in [4.69, 9.17) is 15.0 Å². The second-order valence-corrected chi connectivity index (χ2v) is 10.8. The Morgan fingerprint density at radius 3 is 2.62 bits per heavy atom. The average Bonchev–Trinajstić information content (AvgIpc) is 3.83. The number of benzene rings is 1. The Bertz CT molecular complexity index is 1640. The molecule has 2 aliphatic rings. The smallest absolute Gasteiger partial charge is 0.140 e. The summed E-state index contributed by atoms with van der Waals surface area (Å²) in [7, 11) is 4.18. The van der Waals surface area contributed by atoms with Crippen LogP contribution in [0.2, 0.25) is 0 Å². The molecule has 2 aliphatic carbocycles. The van der Waals surface area contributed by atoms with Gasteiger partial charge in [-0.1, -0.05) is 6.07 Å². The van der Waals surface area contributed by atoms with E-state index in [1.54, 1.807) is 0 Å². The highest BCUT2D eigenvalue weighted by atomic mass is 15.1. The molecule has 5 aromatic rings. The van der Waals surface area contributed by atoms with Crippen LogP contribution < -0.4 is 10.2 Å². The van der Waals surface area contributed by atoms with Gasteiger partial charge in [0.15, 0.2) is 0 Å². The van der Waals surface area contributed by atoms with Crippen LogP contribution in [0.5, 0.6) is 0 Å². The summed E-state index contributed by atoms with van der Waals surface area (Å²) in [5, 5.41) is 4.71. The predicted molar refractivity (Wildman–Crippen MR) is 147 cm³/mol. The first kappa shape index (κ1) is 22.2. The van der Waals surface area contributed by atoms with Crippen LogP contribution in [0.25, 0.3) is 16.6 Å². The van der Waals surface area contributed by atoms with E-state index in [0.29, 0.717) is 6.54 Å². The van der Waals surface area contributed by atoms with E-state index in [-0.39, 0.29) is 5.41 Å². The molecule has 7 heteroatoms. The number of fused-ring (bicyclic) bond motifs is 2. The molecule has 2 saturated carbocycles. The normalized spacial score (nSPS) is 16.3. The van der Waals surface area contributed by atoms with E-state index in [1.165, 1.54) is 18.4 Å². The van der Waals surface area contributed by atoms with Crippen molar-refractivity contribution in [2.24, 2.45) is 0 Å². The molecule has 4 aromatic heterocycles. The van der Waals surface area contributed by atoms with Crippen molar-refractivity contribution in [2.45, 2.75) is 50.5 Å². The summed E-state index contributed by atoms with van der Waals surface area (Å²) >= 11 is 0. The number of hydrogen-bond acceptors (Lipinski definition) is 6. The van der Waals surface area contributed by atoms with E-state index in [0.717, 1.165) is 69.6 Å². The van der Waals surface area contributed by atoms with Crippen molar-refractivity contribution in [2.75, 3.05) is 24.3 Å². The summed E-state index contributed by atoms with van der Waals surface area (Å²) in [5.74, 6) is 1.62. The van der Waals surface area contributed by atoms with E-state index < -0.39 is 0 Å². The monoisotopic (exact) mass is 489 g/mol. The molecule has 186 valence electrons. The van der Waals surface area contributed by atoms with Crippen LogP contribution in [0.15, 0.2) is 61.1 Å². The number of nitrogens with one attached hydrogen (secondary N) is 1. The lowest BCUT2D eigenvalue weighted by atomic mass is 9.98. The van der Waals surface area contributed by atoms with Gasteiger partial charge in [0.25, 0.3) is 0 Å². The Balaban J connectivity index is 1.20. The molecule has 2 fully saturated rings. The SMILES string of the molecule is Cc1ccnc(C2(c3cc(N(C)C)c4ccc(NCc5cn6cc(C7CC7)ccc6n5)cc4n3)CC2)n1. The van der Waals surface area contributed by atoms with Gasteiger partial charge in [0.2, 0.25) is 0 Å². The molecular formula is C30H31N7. The predicted octanol–water partition coefficient (Wildman–Crippen LogP) is 5.62. The third-order valence-electron chi connectivity index (χ3n) is 7.78. The van der Waals surface area contributed by atoms with Crippen molar-refractivity contribution in [1.82, 2.24) is 24.3 Å². The Labute approximate surface area is 216 Å². The number of nitrogens with zero attached hydrogens (tertiary/aromatic N) is 6. The maximum absolute atomic E-state index is 5.17. The first-order valence-electron chi connectivity index (χ1n) is 13.1. The van der Waals surface area contributed by atoms with Gasteiger partial charge in [0, 0.05) is 55.1 Å². The van der Waals surface area contributed by atoms with Crippen LogP contribution in [-0.4, -0.2) is 38.4 Å². The van der Waals surface area contributed by atoms with Gasteiger partial charge in [-0.2, -0.15) is 0 Å². The lowest BCUT2D eigenvalue weighted by Crippen LogP contribution is -2.18. The molecule has 0 saturated heterocycles. The van der Waals surface area contributed by atoms with E-state index >= 15 is 0 Å². The maximum Gasteiger partial charge on any atom is 0.140 e. The van der Waals surface area contributed by atoms with Gasteiger partial charge in [-0.25, -0.2) is 15.0 Å². The lowest BCUT2D eigenvalue weighted by molar-refractivity contribution is 0.724. The third-order valence-corrected chi connectivity index (χ3v) is 7.78. The number of rotatable bonds is 7. The van der Waals surface area contributed by atoms with Crippen LogP contribution in [-0.2, 0) is 12.0 Å². The van der Waals surface area contributed by atoms with Gasteiger partial charge in [0.1, 0.15) is 11.5 Å². The van der Waals surface area contributed by atoms with Crippen molar-refractivity contribution >= 4 is 27.9 Å². The molecular weight excluding hydrogens is 458 g/mol. The number of aromatic nitrogens is 5. The Morgan fingerprint density at radius 1 is 1.00 bits per heavy atom. The molecule has 1 aromatic carbocycles. The highest BCUT2D eigenvalue weighted by Gasteiger charge is 2.50. The molecule has 1 N–H and O–H groups in total. The fourth-order valence-corrected chi connectivity index (χ4v) is 5.33. The maximum atomic E-state index is 5.17. The zero-order valence-electron chi connectivity index (χ0n) is 21.6. The molecule has 0 atom stereocenters. The van der Waals surface area contributed by atoms with Crippen molar-refractivity contribution in [3.05, 3.63) is 89.5 Å². The zero-order valence-corrected chi connectivity index (χ0v) is 21.6. The van der Waals surface area contributed by atoms with Gasteiger partial charge in [0.05, 0.1) is 28.9 Å². The molecule has 7 rings (SSSR count). The summed E-state index contributed by atoms with van der Waals surface area (Å²) < 4.78 is 2.16. The first-order chi connectivity index (χ1) is 18.0. The number of imidazole rings is 1. The Kier molecular flexibility index (Phi) is 4.96. The summed E-state index contributed by atoms with van der Waals surface area (Å²) in [6.07, 6.45) is 10.9. The molecule has 4 heterocycles. The largest absolute Gasteiger partial charge is 0.379 e. The van der Waals surface area contributed by atoms with Crippen LogP contribution in [0.1, 0.15) is 60.1 Å². The number of aryl methyl sites for hydroxylation is 1. The van der Waals surface area contributed by atoms with E-state index in [9.17, 15) is 0 Å². The summed E-state index contributed by atoms with van der Waals surface area (Å²) in [5.41, 5.74) is 8.48. The van der Waals surface area contributed by atoms with E-state index in [1.807, 2.05) is 19.2 Å². The van der Waals surface area contributed by atoms with Crippen LogP contribution in [0, 0.1) is 6.92 Å². The van der Waals surface area contributed by atoms with Crippen LogP contribution >= 0.6 is 0 Å². The topological polar surface area (TPSA) is 71.2 Å². The van der Waals surface area contributed by atoms with Crippen molar-refractivity contribution < 1.29 is 0 Å².